The van der Waals surface area contributed by atoms with Crippen molar-refractivity contribution < 1.29 is 0 Å². The van der Waals surface area contributed by atoms with E-state index in [2.05, 4.69) is 37.7 Å². The van der Waals surface area contributed by atoms with E-state index in [0.29, 0.717) is 5.92 Å². The molecule has 0 fully saturated rings. The zero-order valence-electron chi connectivity index (χ0n) is 9.39. The molecule has 2 nitrogen and oxygen atoms in total. The number of pyridine rings is 1. The van der Waals surface area contributed by atoms with Crippen molar-refractivity contribution in [2.24, 2.45) is 0 Å². The van der Waals surface area contributed by atoms with Crippen molar-refractivity contribution in [2.75, 3.05) is 5.32 Å². The highest BCUT2D eigenvalue weighted by molar-refractivity contribution is 5.55. The Bertz CT molecular complexity index is 340. The van der Waals surface area contributed by atoms with Crippen LogP contribution in [0.5, 0.6) is 0 Å². The Morgan fingerprint density at radius 1 is 1.43 bits per heavy atom. The van der Waals surface area contributed by atoms with E-state index in [1.165, 1.54) is 11.1 Å². The quantitative estimate of drug-likeness (QED) is 0.789. The van der Waals surface area contributed by atoms with Crippen LogP contribution in [-0.2, 0) is 0 Å². The highest BCUT2D eigenvalue weighted by Crippen LogP contribution is 2.24. The van der Waals surface area contributed by atoms with E-state index in [9.17, 15) is 0 Å². The van der Waals surface area contributed by atoms with Crippen LogP contribution in [-0.4, -0.2) is 4.98 Å². The maximum Gasteiger partial charge on any atom is 0.0600 e. The Kier molecular flexibility index (Phi) is 3.28. The maximum atomic E-state index is 4.22. The molecule has 0 aliphatic heterocycles. The minimum Gasteiger partial charge on any atom is -0.358 e. The zero-order valence-corrected chi connectivity index (χ0v) is 9.39. The molecule has 0 aromatic carbocycles. The van der Waals surface area contributed by atoms with Crippen molar-refractivity contribution in [1.29, 1.82) is 0 Å². The summed E-state index contributed by atoms with van der Waals surface area (Å²) in [4.78, 5) is 4.22. The normalized spacial score (nSPS) is 10.4. The van der Waals surface area contributed by atoms with Crippen molar-refractivity contribution in [2.45, 2.75) is 33.6 Å². The molecule has 1 aromatic heterocycles. The average molecular weight is 190 g/mol. The lowest BCUT2D eigenvalue weighted by atomic mass is 9.99. The molecule has 0 aliphatic rings. The van der Waals surface area contributed by atoms with Gasteiger partial charge in [0.05, 0.1) is 11.9 Å². The first-order valence-electron chi connectivity index (χ1n) is 4.89. The molecular weight excluding hydrogens is 172 g/mol. The molecule has 1 rings (SSSR count). The van der Waals surface area contributed by atoms with Gasteiger partial charge in [0.2, 0.25) is 0 Å². The molecule has 0 atom stereocenters. The largest absolute Gasteiger partial charge is 0.358 e. The fraction of sp³-hybridized carbons (Fsp3) is 0.417. The third-order valence-electron chi connectivity index (χ3n) is 2.22. The number of allylic oxidation sites excluding steroid dienone is 1. The van der Waals surface area contributed by atoms with Crippen molar-refractivity contribution in [3.05, 3.63) is 35.8 Å². The second-order valence-corrected chi connectivity index (χ2v) is 3.96. The summed E-state index contributed by atoms with van der Waals surface area (Å²) in [5.41, 5.74) is 4.55. The summed E-state index contributed by atoms with van der Waals surface area (Å²) in [6.45, 7) is 12.2. The van der Waals surface area contributed by atoms with Crippen molar-refractivity contribution >= 4 is 5.69 Å². The highest BCUT2D eigenvalue weighted by Gasteiger charge is 2.07. The van der Waals surface area contributed by atoms with Crippen LogP contribution in [0.1, 0.15) is 37.8 Å². The lowest BCUT2D eigenvalue weighted by molar-refractivity contribution is 0.848. The third kappa shape index (κ3) is 2.34. The Labute approximate surface area is 86.1 Å². The SMILES string of the molecule is C=C(C)Nc1cncc(C(C)C)c1C. The Balaban J connectivity index is 3.07. The standard InChI is InChI=1S/C12H18N2/c1-8(2)11-6-13-7-12(10(11)5)14-9(3)4/h6-8,14H,3H2,1-2,4-5H3. The molecule has 0 aliphatic carbocycles. The van der Waals surface area contributed by atoms with Crippen LogP contribution >= 0.6 is 0 Å². The molecule has 0 radical (unpaired) electrons. The van der Waals surface area contributed by atoms with Gasteiger partial charge in [-0.25, -0.2) is 0 Å². The first kappa shape index (κ1) is 10.8. The molecule has 0 bridgehead atoms. The molecule has 1 heterocycles. The van der Waals surface area contributed by atoms with Gasteiger partial charge in [0.25, 0.3) is 0 Å². The van der Waals surface area contributed by atoms with Gasteiger partial charge >= 0.3 is 0 Å². The van der Waals surface area contributed by atoms with E-state index < -0.39 is 0 Å². The number of rotatable bonds is 3. The molecule has 1 aromatic rings. The summed E-state index contributed by atoms with van der Waals surface area (Å²) in [5, 5.41) is 3.21. The molecule has 0 spiro atoms. The monoisotopic (exact) mass is 190 g/mol. The second-order valence-electron chi connectivity index (χ2n) is 3.96. The Morgan fingerprint density at radius 3 is 2.57 bits per heavy atom. The molecular formula is C12H18N2. The minimum atomic E-state index is 0.509. The van der Waals surface area contributed by atoms with Gasteiger partial charge in [-0.05, 0) is 30.9 Å². The van der Waals surface area contributed by atoms with Crippen molar-refractivity contribution in [3.8, 4) is 0 Å². The number of anilines is 1. The van der Waals surface area contributed by atoms with Gasteiger partial charge in [0.15, 0.2) is 0 Å². The lowest BCUT2D eigenvalue weighted by Gasteiger charge is -2.14. The number of aromatic nitrogens is 1. The van der Waals surface area contributed by atoms with Gasteiger partial charge in [0, 0.05) is 11.9 Å². The van der Waals surface area contributed by atoms with Crippen LogP contribution in [0.4, 0.5) is 5.69 Å². The van der Waals surface area contributed by atoms with Gasteiger partial charge < -0.3 is 5.32 Å². The topological polar surface area (TPSA) is 24.9 Å². The average Bonchev–Trinajstić information content (AvgIpc) is 2.07. The fourth-order valence-electron chi connectivity index (χ4n) is 1.48. The zero-order chi connectivity index (χ0) is 10.7. The van der Waals surface area contributed by atoms with Crippen LogP contribution < -0.4 is 5.32 Å². The van der Waals surface area contributed by atoms with E-state index in [4.69, 9.17) is 0 Å². The van der Waals surface area contributed by atoms with Crippen LogP contribution in [0.25, 0.3) is 0 Å². The van der Waals surface area contributed by atoms with Crippen molar-refractivity contribution in [3.63, 3.8) is 0 Å². The fourth-order valence-corrected chi connectivity index (χ4v) is 1.48. The molecule has 0 unspecified atom stereocenters. The molecule has 0 amide bonds. The molecule has 0 saturated carbocycles. The summed E-state index contributed by atoms with van der Waals surface area (Å²) in [6, 6.07) is 0. The van der Waals surface area contributed by atoms with E-state index in [1.54, 1.807) is 0 Å². The van der Waals surface area contributed by atoms with E-state index in [1.807, 2.05) is 19.3 Å². The van der Waals surface area contributed by atoms with Gasteiger partial charge in [-0.1, -0.05) is 20.4 Å². The maximum absolute atomic E-state index is 4.22. The summed E-state index contributed by atoms with van der Waals surface area (Å²) < 4.78 is 0. The molecule has 76 valence electrons. The molecule has 1 N–H and O–H groups in total. The van der Waals surface area contributed by atoms with Gasteiger partial charge in [0.1, 0.15) is 0 Å². The van der Waals surface area contributed by atoms with Gasteiger partial charge in [-0.2, -0.15) is 0 Å². The van der Waals surface area contributed by atoms with Crippen LogP contribution in [0.3, 0.4) is 0 Å². The highest BCUT2D eigenvalue weighted by atomic mass is 14.9. The van der Waals surface area contributed by atoms with E-state index in [-0.39, 0.29) is 0 Å². The third-order valence-corrected chi connectivity index (χ3v) is 2.22. The van der Waals surface area contributed by atoms with Crippen LogP contribution in [0.15, 0.2) is 24.7 Å². The minimum absolute atomic E-state index is 0.509. The Hall–Kier alpha value is -1.31. The Morgan fingerprint density at radius 2 is 2.07 bits per heavy atom. The number of hydrogen-bond acceptors (Lipinski definition) is 2. The van der Waals surface area contributed by atoms with E-state index in [0.717, 1.165) is 11.4 Å². The first-order chi connectivity index (χ1) is 6.52. The summed E-state index contributed by atoms with van der Waals surface area (Å²) in [6.07, 6.45) is 3.78. The van der Waals surface area contributed by atoms with Crippen molar-refractivity contribution in [1.82, 2.24) is 4.98 Å². The molecule has 2 heteroatoms. The second kappa shape index (κ2) is 4.27. The summed E-state index contributed by atoms with van der Waals surface area (Å²) in [7, 11) is 0. The van der Waals surface area contributed by atoms with Gasteiger partial charge in [-0.15, -0.1) is 0 Å². The van der Waals surface area contributed by atoms with Crippen LogP contribution in [0.2, 0.25) is 0 Å². The number of nitrogens with one attached hydrogen (secondary N) is 1. The number of hydrogen-bond donors (Lipinski definition) is 1. The predicted octanol–water partition coefficient (Wildman–Crippen LogP) is 3.46. The molecule has 14 heavy (non-hydrogen) atoms. The summed E-state index contributed by atoms with van der Waals surface area (Å²) in [5.74, 6) is 0.509. The summed E-state index contributed by atoms with van der Waals surface area (Å²) >= 11 is 0. The predicted molar refractivity (Wildman–Crippen MR) is 61.5 cm³/mol. The molecule has 0 saturated heterocycles. The van der Waals surface area contributed by atoms with Gasteiger partial charge in [-0.3, -0.25) is 4.98 Å². The van der Waals surface area contributed by atoms with E-state index >= 15 is 0 Å². The lowest BCUT2D eigenvalue weighted by Crippen LogP contribution is -2.01. The smallest absolute Gasteiger partial charge is 0.0600 e. The number of nitrogens with zero attached hydrogens (tertiary/aromatic N) is 1. The first-order valence-corrected chi connectivity index (χ1v) is 4.89. The van der Waals surface area contributed by atoms with Crippen LogP contribution in [0, 0.1) is 6.92 Å².